The van der Waals surface area contributed by atoms with E-state index in [1.165, 1.54) is 0 Å². The Kier molecular flexibility index (Phi) is 5.14. The van der Waals surface area contributed by atoms with E-state index in [1.54, 1.807) is 0 Å². The smallest absolute Gasteiger partial charge is 0.254 e. The monoisotopic (exact) mass is 422 g/mol. The SMILES string of the molecule is CC1CN(C(=O)c2cccc3ccccc23)C(C)CN1C(=O)c1cccc2ccccc12. The lowest BCUT2D eigenvalue weighted by atomic mass is 9.99. The molecular formula is C28H26N2O2. The predicted octanol–water partition coefficient (Wildman–Crippen LogP) is 5.37. The molecule has 4 aromatic rings. The lowest BCUT2D eigenvalue weighted by molar-refractivity contribution is 0.0272. The van der Waals surface area contributed by atoms with Gasteiger partial charge in [-0.2, -0.15) is 0 Å². The molecule has 2 amide bonds. The Hall–Kier alpha value is -3.66. The lowest BCUT2D eigenvalue weighted by Crippen LogP contribution is -2.59. The highest BCUT2D eigenvalue weighted by molar-refractivity contribution is 6.08. The maximum Gasteiger partial charge on any atom is 0.254 e. The van der Waals surface area contributed by atoms with Gasteiger partial charge in [-0.1, -0.05) is 72.8 Å². The zero-order valence-electron chi connectivity index (χ0n) is 18.4. The van der Waals surface area contributed by atoms with Gasteiger partial charge in [0.15, 0.2) is 0 Å². The Bertz CT molecular complexity index is 1220. The van der Waals surface area contributed by atoms with E-state index < -0.39 is 0 Å². The van der Waals surface area contributed by atoms with E-state index >= 15 is 0 Å². The Labute approximate surface area is 188 Å². The summed E-state index contributed by atoms with van der Waals surface area (Å²) in [6.45, 7) is 5.08. The predicted molar refractivity (Wildman–Crippen MR) is 129 cm³/mol. The summed E-state index contributed by atoms with van der Waals surface area (Å²) in [6, 6.07) is 27.5. The fourth-order valence-corrected chi connectivity index (χ4v) is 4.83. The number of piperazine rings is 1. The largest absolute Gasteiger partial charge is 0.332 e. The summed E-state index contributed by atoms with van der Waals surface area (Å²) in [5.41, 5.74) is 1.44. The van der Waals surface area contributed by atoms with Crippen LogP contribution in [0.1, 0.15) is 34.6 Å². The number of carbonyl (C=O) groups excluding carboxylic acids is 2. The molecule has 0 N–H and O–H groups in total. The second-order valence-electron chi connectivity index (χ2n) is 8.67. The van der Waals surface area contributed by atoms with Crippen molar-refractivity contribution in [2.75, 3.05) is 13.1 Å². The van der Waals surface area contributed by atoms with Crippen LogP contribution in [0.25, 0.3) is 21.5 Å². The molecule has 2 unspecified atom stereocenters. The molecule has 1 heterocycles. The molecule has 0 spiro atoms. The van der Waals surface area contributed by atoms with E-state index in [0.29, 0.717) is 13.1 Å². The van der Waals surface area contributed by atoms with Gasteiger partial charge >= 0.3 is 0 Å². The Balaban J connectivity index is 1.42. The topological polar surface area (TPSA) is 40.6 Å². The third-order valence-corrected chi connectivity index (χ3v) is 6.55. The van der Waals surface area contributed by atoms with Crippen LogP contribution in [0.15, 0.2) is 84.9 Å². The quantitative estimate of drug-likeness (QED) is 0.436. The first-order valence-corrected chi connectivity index (χ1v) is 11.1. The van der Waals surface area contributed by atoms with Crippen molar-refractivity contribution < 1.29 is 9.59 Å². The maximum absolute atomic E-state index is 13.5. The number of amides is 2. The fourth-order valence-electron chi connectivity index (χ4n) is 4.83. The van der Waals surface area contributed by atoms with Gasteiger partial charge in [-0.25, -0.2) is 0 Å². The summed E-state index contributed by atoms with van der Waals surface area (Å²) >= 11 is 0. The van der Waals surface area contributed by atoms with E-state index in [2.05, 4.69) is 0 Å². The Morgan fingerprint density at radius 1 is 0.594 bits per heavy atom. The van der Waals surface area contributed by atoms with Crippen LogP contribution in [0.4, 0.5) is 0 Å². The summed E-state index contributed by atoms with van der Waals surface area (Å²) in [5.74, 6) is 0.0526. The molecule has 0 aliphatic carbocycles. The molecular weight excluding hydrogens is 396 g/mol. The first kappa shape index (κ1) is 20.3. The van der Waals surface area contributed by atoms with E-state index in [-0.39, 0.29) is 23.9 Å². The van der Waals surface area contributed by atoms with Crippen LogP contribution in [-0.2, 0) is 0 Å². The molecule has 0 saturated carbocycles. The fraction of sp³-hybridized carbons (Fsp3) is 0.214. The van der Waals surface area contributed by atoms with Crippen molar-refractivity contribution in [2.24, 2.45) is 0 Å². The van der Waals surface area contributed by atoms with E-state index in [9.17, 15) is 9.59 Å². The number of hydrogen-bond donors (Lipinski definition) is 0. The summed E-state index contributed by atoms with van der Waals surface area (Å²) in [4.78, 5) is 30.9. The molecule has 0 aromatic heterocycles. The van der Waals surface area contributed by atoms with Crippen molar-refractivity contribution in [3.8, 4) is 0 Å². The zero-order valence-corrected chi connectivity index (χ0v) is 18.4. The van der Waals surface area contributed by atoms with Crippen molar-refractivity contribution >= 4 is 33.4 Å². The van der Waals surface area contributed by atoms with E-state index in [0.717, 1.165) is 32.7 Å². The molecule has 32 heavy (non-hydrogen) atoms. The van der Waals surface area contributed by atoms with Crippen LogP contribution in [0, 0.1) is 0 Å². The molecule has 4 aromatic carbocycles. The minimum atomic E-state index is -0.0726. The van der Waals surface area contributed by atoms with Gasteiger partial charge in [-0.05, 0) is 47.5 Å². The molecule has 4 nitrogen and oxygen atoms in total. The molecule has 1 saturated heterocycles. The molecule has 5 rings (SSSR count). The number of hydrogen-bond acceptors (Lipinski definition) is 2. The van der Waals surface area contributed by atoms with Gasteiger partial charge in [-0.3, -0.25) is 9.59 Å². The Morgan fingerprint density at radius 2 is 0.969 bits per heavy atom. The van der Waals surface area contributed by atoms with Gasteiger partial charge in [-0.15, -0.1) is 0 Å². The first-order chi connectivity index (χ1) is 15.5. The summed E-state index contributed by atoms with van der Waals surface area (Å²) in [6.07, 6.45) is 0. The second kappa shape index (κ2) is 8.12. The number of benzene rings is 4. The number of carbonyl (C=O) groups is 2. The number of nitrogens with zero attached hydrogens (tertiary/aromatic N) is 2. The van der Waals surface area contributed by atoms with Crippen molar-refractivity contribution in [1.82, 2.24) is 9.80 Å². The minimum Gasteiger partial charge on any atom is -0.332 e. The summed E-state index contributed by atoms with van der Waals surface area (Å²) < 4.78 is 0. The minimum absolute atomic E-state index is 0.0263. The van der Waals surface area contributed by atoms with Crippen molar-refractivity contribution in [3.63, 3.8) is 0 Å². The van der Waals surface area contributed by atoms with Gasteiger partial charge < -0.3 is 9.80 Å². The third-order valence-electron chi connectivity index (χ3n) is 6.55. The summed E-state index contributed by atoms with van der Waals surface area (Å²) in [7, 11) is 0. The normalized spacial score (nSPS) is 18.8. The van der Waals surface area contributed by atoms with Crippen LogP contribution in [0.2, 0.25) is 0 Å². The van der Waals surface area contributed by atoms with Crippen LogP contribution in [0.3, 0.4) is 0 Å². The van der Waals surface area contributed by atoms with Crippen LogP contribution in [0.5, 0.6) is 0 Å². The number of rotatable bonds is 2. The van der Waals surface area contributed by atoms with Crippen LogP contribution < -0.4 is 0 Å². The van der Waals surface area contributed by atoms with Crippen molar-refractivity contribution in [2.45, 2.75) is 25.9 Å². The van der Waals surface area contributed by atoms with Crippen LogP contribution in [-0.4, -0.2) is 46.8 Å². The maximum atomic E-state index is 13.5. The summed E-state index contributed by atoms with van der Waals surface area (Å²) in [5, 5.41) is 4.05. The standard InChI is InChI=1S/C28H26N2O2/c1-19-17-30(28(32)26-16-8-12-22-10-4-6-14-24(22)26)20(2)18-29(19)27(31)25-15-7-11-21-9-3-5-13-23(21)25/h3-16,19-20H,17-18H2,1-2H3. The molecule has 2 atom stereocenters. The van der Waals surface area contributed by atoms with Crippen molar-refractivity contribution in [3.05, 3.63) is 96.1 Å². The highest BCUT2D eigenvalue weighted by Crippen LogP contribution is 2.26. The average molecular weight is 423 g/mol. The molecule has 0 radical (unpaired) electrons. The average Bonchev–Trinajstić information content (AvgIpc) is 2.83. The van der Waals surface area contributed by atoms with Crippen molar-refractivity contribution in [1.29, 1.82) is 0 Å². The molecule has 1 fully saturated rings. The van der Waals surface area contributed by atoms with Gasteiger partial charge in [0.05, 0.1) is 0 Å². The second-order valence-corrected chi connectivity index (χ2v) is 8.67. The van der Waals surface area contributed by atoms with E-state index in [1.807, 2.05) is 109 Å². The first-order valence-electron chi connectivity index (χ1n) is 11.1. The van der Waals surface area contributed by atoms with Crippen LogP contribution >= 0.6 is 0 Å². The molecule has 1 aliphatic heterocycles. The van der Waals surface area contributed by atoms with Gasteiger partial charge in [0.25, 0.3) is 11.8 Å². The number of fused-ring (bicyclic) bond motifs is 2. The van der Waals surface area contributed by atoms with Gasteiger partial charge in [0.2, 0.25) is 0 Å². The van der Waals surface area contributed by atoms with Gasteiger partial charge in [0.1, 0.15) is 0 Å². The highest BCUT2D eigenvalue weighted by atomic mass is 16.2. The highest BCUT2D eigenvalue weighted by Gasteiger charge is 2.35. The molecule has 0 bridgehead atoms. The van der Waals surface area contributed by atoms with E-state index in [4.69, 9.17) is 0 Å². The molecule has 4 heteroatoms. The molecule has 1 aliphatic rings. The Morgan fingerprint density at radius 3 is 1.41 bits per heavy atom. The van der Waals surface area contributed by atoms with Gasteiger partial charge in [0, 0.05) is 36.3 Å². The lowest BCUT2D eigenvalue weighted by Gasteiger charge is -2.44. The zero-order chi connectivity index (χ0) is 22.2. The molecule has 160 valence electrons. The third kappa shape index (κ3) is 3.42.